The highest BCUT2D eigenvalue weighted by atomic mass is 16.1. The molecule has 0 fully saturated rings. The lowest BCUT2D eigenvalue weighted by Gasteiger charge is -2.00. The number of nitrogens with one attached hydrogen (secondary N) is 1. The summed E-state index contributed by atoms with van der Waals surface area (Å²) in [6, 6.07) is 10.5. The average molecular weight is 341 g/mol. The maximum absolute atomic E-state index is 11.2. The van der Waals surface area contributed by atoms with Crippen molar-refractivity contribution in [1.82, 2.24) is 4.98 Å². The van der Waals surface area contributed by atoms with Crippen LogP contribution in [0.25, 0.3) is 0 Å². The molecule has 25 heavy (non-hydrogen) atoms. The van der Waals surface area contributed by atoms with Gasteiger partial charge in [-0.05, 0) is 31.5 Å². The second-order valence-corrected chi connectivity index (χ2v) is 4.54. The van der Waals surface area contributed by atoms with Gasteiger partial charge in [0.15, 0.2) is 11.6 Å². The highest BCUT2D eigenvalue weighted by Gasteiger charge is 1.99. The van der Waals surface area contributed by atoms with E-state index in [1.165, 1.54) is 20.0 Å². The molecule has 1 N–H and O–H groups in total. The Morgan fingerprint density at radius 3 is 1.84 bits per heavy atom. The quantitative estimate of drug-likeness (QED) is 0.473. The van der Waals surface area contributed by atoms with Gasteiger partial charge in [-0.2, -0.15) is 5.10 Å². The fourth-order valence-electron chi connectivity index (χ4n) is 1.65. The van der Waals surface area contributed by atoms with Gasteiger partial charge in [0.2, 0.25) is 0 Å². The molecule has 0 bridgehead atoms. The molecular weight excluding hydrogens is 314 g/mol. The molecule has 0 saturated heterocycles. The van der Waals surface area contributed by atoms with E-state index in [-0.39, 0.29) is 11.6 Å². The number of hydrogen-bond donors (Lipinski definition) is 1. The van der Waals surface area contributed by atoms with Crippen molar-refractivity contribution in [3.8, 4) is 0 Å². The molecule has 1 aromatic carbocycles. The standard InChI is InChI=1S/C16H15N3O2.2C2H6/c1-11(20)14-5-3-13(4-6-14)9-18-19-16-8-7-15(10-17-16)12(2)21;2*1-2/h3-10H,1-2H3,(H,17,19);2*1-2H3/b18-9+;;. The van der Waals surface area contributed by atoms with Crippen molar-refractivity contribution < 1.29 is 9.59 Å². The second-order valence-electron chi connectivity index (χ2n) is 4.54. The molecule has 2 aromatic rings. The lowest BCUT2D eigenvalue weighted by Crippen LogP contribution is -1.97. The van der Waals surface area contributed by atoms with Gasteiger partial charge in [-0.25, -0.2) is 4.98 Å². The number of ketones is 2. The largest absolute Gasteiger partial charge is 0.295 e. The first kappa shape index (κ1) is 22.2. The zero-order chi connectivity index (χ0) is 19.2. The van der Waals surface area contributed by atoms with Crippen molar-refractivity contribution in [2.24, 2.45) is 5.10 Å². The number of hydrogen-bond acceptors (Lipinski definition) is 5. The van der Waals surface area contributed by atoms with Gasteiger partial charge < -0.3 is 0 Å². The first-order valence-corrected chi connectivity index (χ1v) is 8.43. The van der Waals surface area contributed by atoms with Crippen LogP contribution in [0.1, 0.15) is 67.8 Å². The normalized spacial score (nSPS) is 9.36. The molecule has 0 radical (unpaired) electrons. The molecule has 0 unspecified atom stereocenters. The van der Waals surface area contributed by atoms with Crippen molar-refractivity contribution in [2.75, 3.05) is 5.43 Å². The number of aromatic nitrogens is 1. The minimum atomic E-state index is -0.0249. The molecule has 2 rings (SSSR count). The summed E-state index contributed by atoms with van der Waals surface area (Å²) in [6.45, 7) is 11.0. The Morgan fingerprint density at radius 2 is 1.40 bits per heavy atom. The van der Waals surface area contributed by atoms with Crippen LogP contribution < -0.4 is 5.43 Å². The van der Waals surface area contributed by atoms with Gasteiger partial charge in [0, 0.05) is 17.3 Å². The zero-order valence-corrected chi connectivity index (χ0v) is 15.8. The van der Waals surface area contributed by atoms with E-state index in [9.17, 15) is 9.59 Å². The second kappa shape index (κ2) is 12.6. The number of carbonyl (C=O) groups is 2. The molecule has 1 aromatic heterocycles. The van der Waals surface area contributed by atoms with E-state index in [1.807, 2.05) is 39.8 Å². The summed E-state index contributed by atoms with van der Waals surface area (Å²) in [7, 11) is 0. The Balaban J connectivity index is 0.00000134. The van der Waals surface area contributed by atoms with Crippen LogP contribution in [0.5, 0.6) is 0 Å². The Labute approximate surface area is 150 Å². The molecule has 134 valence electrons. The molecule has 0 aliphatic heterocycles. The molecule has 0 aliphatic rings. The Hall–Kier alpha value is -2.82. The highest BCUT2D eigenvalue weighted by molar-refractivity contribution is 5.95. The first-order chi connectivity index (χ1) is 12.1. The van der Waals surface area contributed by atoms with Gasteiger partial charge in [-0.3, -0.25) is 15.0 Å². The van der Waals surface area contributed by atoms with Crippen LogP contribution >= 0.6 is 0 Å². The summed E-state index contributed by atoms with van der Waals surface area (Å²) in [6.07, 6.45) is 3.13. The van der Waals surface area contributed by atoms with E-state index in [1.54, 1.807) is 30.5 Å². The predicted octanol–water partition coefficient (Wildman–Crippen LogP) is 4.99. The van der Waals surface area contributed by atoms with Gasteiger partial charge >= 0.3 is 0 Å². The van der Waals surface area contributed by atoms with Crippen LogP contribution in [0, 0.1) is 0 Å². The van der Waals surface area contributed by atoms with Crippen molar-refractivity contribution in [2.45, 2.75) is 41.5 Å². The van der Waals surface area contributed by atoms with Crippen molar-refractivity contribution in [3.05, 3.63) is 59.3 Å². The van der Waals surface area contributed by atoms with Gasteiger partial charge in [-0.15, -0.1) is 0 Å². The lowest BCUT2D eigenvalue weighted by atomic mass is 10.1. The summed E-state index contributed by atoms with van der Waals surface area (Å²) in [4.78, 5) is 26.3. The van der Waals surface area contributed by atoms with Gasteiger partial charge in [0.1, 0.15) is 5.82 Å². The number of nitrogens with zero attached hydrogens (tertiary/aromatic N) is 2. The van der Waals surface area contributed by atoms with Gasteiger partial charge in [0.25, 0.3) is 0 Å². The van der Waals surface area contributed by atoms with Crippen LogP contribution in [0.2, 0.25) is 0 Å². The summed E-state index contributed by atoms with van der Waals surface area (Å²) < 4.78 is 0. The fraction of sp³-hybridized carbons (Fsp3) is 0.300. The SMILES string of the molecule is CC.CC.CC(=O)c1ccc(/C=N/Nc2ccc(C(C)=O)cn2)cc1. The van der Waals surface area contributed by atoms with E-state index in [0.29, 0.717) is 16.9 Å². The minimum absolute atomic E-state index is 0.0249. The average Bonchev–Trinajstić information content (AvgIpc) is 2.66. The summed E-state index contributed by atoms with van der Waals surface area (Å²) in [5.74, 6) is 0.561. The number of benzene rings is 1. The van der Waals surface area contributed by atoms with Gasteiger partial charge in [0.05, 0.1) is 6.21 Å². The Bertz CT molecular complexity index is 675. The lowest BCUT2D eigenvalue weighted by molar-refractivity contribution is 0.100. The maximum Gasteiger partial charge on any atom is 0.161 e. The number of Topliss-reactive ketones (excluding diaryl/α,β-unsaturated/α-hetero) is 2. The maximum atomic E-state index is 11.2. The molecule has 0 saturated carbocycles. The molecule has 0 amide bonds. The minimum Gasteiger partial charge on any atom is -0.295 e. The van der Waals surface area contributed by atoms with E-state index in [2.05, 4.69) is 15.5 Å². The molecular formula is C20H27N3O2. The number of rotatable bonds is 5. The van der Waals surface area contributed by atoms with Gasteiger partial charge in [-0.1, -0.05) is 52.0 Å². The van der Waals surface area contributed by atoms with Crippen molar-refractivity contribution in [3.63, 3.8) is 0 Å². The third-order valence-electron chi connectivity index (χ3n) is 2.88. The van der Waals surface area contributed by atoms with E-state index in [0.717, 1.165) is 5.56 Å². The number of hydrazone groups is 1. The van der Waals surface area contributed by atoms with Crippen molar-refractivity contribution in [1.29, 1.82) is 0 Å². The topological polar surface area (TPSA) is 71.4 Å². The van der Waals surface area contributed by atoms with Crippen LogP contribution in [0.15, 0.2) is 47.7 Å². The Kier molecular flexibility index (Phi) is 11.2. The molecule has 5 heteroatoms. The molecule has 5 nitrogen and oxygen atoms in total. The molecule has 0 atom stereocenters. The first-order valence-electron chi connectivity index (χ1n) is 8.43. The summed E-state index contributed by atoms with van der Waals surface area (Å²) in [5, 5.41) is 4.05. The Morgan fingerprint density at radius 1 is 0.880 bits per heavy atom. The summed E-state index contributed by atoms with van der Waals surface area (Å²) in [5.41, 5.74) is 4.87. The van der Waals surface area contributed by atoms with E-state index < -0.39 is 0 Å². The molecule has 0 spiro atoms. The molecule has 1 heterocycles. The number of pyridine rings is 1. The fourth-order valence-corrected chi connectivity index (χ4v) is 1.65. The van der Waals surface area contributed by atoms with E-state index in [4.69, 9.17) is 0 Å². The van der Waals surface area contributed by atoms with Crippen LogP contribution in [0.4, 0.5) is 5.82 Å². The molecule has 0 aliphatic carbocycles. The monoisotopic (exact) mass is 341 g/mol. The zero-order valence-electron chi connectivity index (χ0n) is 15.8. The number of carbonyl (C=O) groups excluding carboxylic acids is 2. The third-order valence-corrected chi connectivity index (χ3v) is 2.88. The van der Waals surface area contributed by atoms with E-state index >= 15 is 0 Å². The number of anilines is 1. The summed E-state index contributed by atoms with van der Waals surface area (Å²) >= 11 is 0. The van der Waals surface area contributed by atoms with Crippen molar-refractivity contribution >= 4 is 23.6 Å². The highest BCUT2D eigenvalue weighted by Crippen LogP contribution is 2.06. The predicted molar refractivity (Wildman–Crippen MR) is 105 cm³/mol. The van der Waals surface area contributed by atoms with Crippen LogP contribution in [0.3, 0.4) is 0 Å². The van der Waals surface area contributed by atoms with Crippen LogP contribution in [-0.2, 0) is 0 Å². The third kappa shape index (κ3) is 8.01. The van der Waals surface area contributed by atoms with Crippen LogP contribution in [-0.4, -0.2) is 22.8 Å². The smallest absolute Gasteiger partial charge is 0.161 e.